The van der Waals surface area contributed by atoms with Crippen molar-refractivity contribution in [2.24, 2.45) is 0 Å². The molecule has 1 N–H and O–H groups in total. The van der Waals surface area contributed by atoms with E-state index in [1.165, 1.54) is 5.56 Å². The van der Waals surface area contributed by atoms with E-state index in [0.29, 0.717) is 11.3 Å². The molecule has 110 valence electrons. The third-order valence-electron chi connectivity index (χ3n) is 3.29. The van der Waals surface area contributed by atoms with Gasteiger partial charge in [0, 0.05) is 12.1 Å². The topological polar surface area (TPSA) is 64.4 Å². The SMILES string of the molecule is CNCc1ccc(Oc2cccc(C)c2[N+](=O)[O-])cc1C. The number of para-hydroxylation sites is 1. The van der Waals surface area contributed by atoms with Gasteiger partial charge in [-0.1, -0.05) is 18.2 Å². The fourth-order valence-electron chi connectivity index (χ4n) is 2.20. The van der Waals surface area contributed by atoms with Crippen LogP contribution in [0.1, 0.15) is 16.7 Å². The Labute approximate surface area is 123 Å². The van der Waals surface area contributed by atoms with Crippen LogP contribution in [0.3, 0.4) is 0 Å². The Balaban J connectivity index is 2.33. The number of aryl methyl sites for hydroxylation is 2. The molecule has 2 aromatic carbocycles. The predicted molar refractivity (Wildman–Crippen MR) is 81.9 cm³/mol. The van der Waals surface area contributed by atoms with Gasteiger partial charge in [-0.15, -0.1) is 0 Å². The summed E-state index contributed by atoms with van der Waals surface area (Å²) in [6.07, 6.45) is 0. The minimum atomic E-state index is -0.410. The minimum absolute atomic E-state index is 0.00875. The fourth-order valence-corrected chi connectivity index (χ4v) is 2.20. The summed E-state index contributed by atoms with van der Waals surface area (Å²) >= 11 is 0. The third-order valence-corrected chi connectivity index (χ3v) is 3.29. The van der Waals surface area contributed by atoms with E-state index < -0.39 is 4.92 Å². The molecule has 5 nitrogen and oxygen atoms in total. The number of nitrogens with one attached hydrogen (secondary N) is 1. The van der Waals surface area contributed by atoms with Gasteiger partial charge in [0.2, 0.25) is 5.75 Å². The molecule has 0 bridgehead atoms. The van der Waals surface area contributed by atoms with Crippen LogP contribution < -0.4 is 10.1 Å². The zero-order chi connectivity index (χ0) is 15.4. The lowest BCUT2D eigenvalue weighted by atomic mass is 10.1. The molecule has 0 aliphatic carbocycles. The lowest BCUT2D eigenvalue weighted by molar-refractivity contribution is -0.386. The second kappa shape index (κ2) is 6.37. The second-order valence-electron chi connectivity index (χ2n) is 4.90. The van der Waals surface area contributed by atoms with E-state index in [0.717, 1.165) is 12.1 Å². The van der Waals surface area contributed by atoms with Crippen molar-refractivity contribution < 1.29 is 9.66 Å². The molecule has 0 amide bonds. The number of benzene rings is 2. The van der Waals surface area contributed by atoms with E-state index in [1.54, 1.807) is 25.1 Å². The van der Waals surface area contributed by atoms with Gasteiger partial charge >= 0.3 is 5.69 Å². The Morgan fingerprint density at radius 3 is 2.57 bits per heavy atom. The zero-order valence-corrected chi connectivity index (χ0v) is 12.3. The Morgan fingerprint density at radius 1 is 1.19 bits per heavy atom. The van der Waals surface area contributed by atoms with Crippen LogP contribution in [0.5, 0.6) is 11.5 Å². The number of nitro groups is 1. The van der Waals surface area contributed by atoms with Crippen molar-refractivity contribution in [3.05, 3.63) is 63.2 Å². The summed E-state index contributed by atoms with van der Waals surface area (Å²) in [6, 6.07) is 10.7. The number of nitro benzene ring substituents is 1. The summed E-state index contributed by atoms with van der Waals surface area (Å²) in [7, 11) is 1.89. The van der Waals surface area contributed by atoms with Gasteiger partial charge in [0.15, 0.2) is 0 Å². The maximum absolute atomic E-state index is 11.2. The first kappa shape index (κ1) is 15.0. The smallest absolute Gasteiger partial charge is 0.314 e. The molecule has 2 aromatic rings. The first-order valence-electron chi connectivity index (χ1n) is 6.69. The van der Waals surface area contributed by atoms with Crippen molar-refractivity contribution in [1.82, 2.24) is 5.32 Å². The molecule has 0 unspecified atom stereocenters. The van der Waals surface area contributed by atoms with Crippen LogP contribution in [0.2, 0.25) is 0 Å². The van der Waals surface area contributed by atoms with Gasteiger partial charge in [-0.3, -0.25) is 10.1 Å². The highest BCUT2D eigenvalue weighted by atomic mass is 16.6. The summed E-state index contributed by atoms with van der Waals surface area (Å²) in [5.74, 6) is 0.863. The van der Waals surface area contributed by atoms with Crippen LogP contribution >= 0.6 is 0 Å². The summed E-state index contributed by atoms with van der Waals surface area (Å²) in [4.78, 5) is 10.7. The standard InChI is InChI=1S/C16H18N2O3/c1-11-5-4-6-15(16(11)18(19)20)21-14-8-7-13(10-17-3)12(2)9-14/h4-9,17H,10H2,1-3H3. The summed E-state index contributed by atoms with van der Waals surface area (Å²) in [5, 5.41) is 14.3. The molecule has 0 radical (unpaired) electrons. The van der Waals surface area contributed by atoms with Gasteiger partial charge in [0.1, 0.15) is 5.75 Å². The first-order valence-corrected chi connectivity index (χ1v) is 6.69. The molecule has 5 heteroatoms. The molecule has 0 heterocycles. The summed E-state index contributed by atoms with van der Waals surface area (Å²) in [5.41, 5.74) is 2.84. The van der Waals surface area contributed by atoms with Crippen LogP contribution in [-0.2, 0) is 6.54 Å². The molecule has 0 saturated carbocycles. The van der Waals surface area contributed by atoms with Crippen molar-refractivity contribution >= 4 is 5.69 Å². The predicted octanol–water partition coefficient (Wildman–Crippen LogP) is 3.72. The fraction of sp³-hybridized carbons (Fsp3) is 0.250. The van der Waals surface area contributed by atoms with Gasteiger partial charge in [-0.25, -0.2) is 0 Å². The Bertz CT molecular complexity index is 669. The van der Waals surface area contributed by atoms with Crippen LogP contribution in [0, 0.1) is 24.0 Å². The van der Waals surface area contributed by atoms with E-state index >= 15 is 0 Å². The highest BCUT2D eigenvalue weighted by Crippen LogP contribution is 2.34. The highest BCUT2D eigenvalue weighted by Gasteiger charge is 2.18. The van der Waals surface area contributed by atoms with Crippen LogP contribution in [0.25, 0.3) is 0 Å². The van der Waals surface area contributed by atoms with Crippen molar-refractivity contribution in [2.75, 3.05) is 7.05 Å². The molecule has 2 rings (SSSR count). The van der Waals surface area contributed by atoms with Crippen LogP contribution in [-0.4, -0.2) is 12.0 Å². The van der Waals surface area contributed by atoms with Gasteiger partial charge < -0.3 is 10.1 Å². The quantitative estimate of drug-likeness (QED) is 0.672. The molecule has 0 spiro atoms. The van der Waals surface area contributed by atoms with E-state index in [9.17, 15) is 10.1 Å². The van der Waals surface area contributed by atoms with Crippen LogP contribution in [0.4, 0.5) is 5.69 Å². The number of ether oxygens (including phenoxy) is 1. The molecular formula is C16H18N2O3. The zero-order valence-electron chi connectivity index (χ0n) is 12.3. The third kappa shape index (κ3) is 3.38. The number of hydrogen-bond acceptors (Lipinski definition) is 4. The molecule has 0 aliphatic rings. The number of rotatable bonds is 5. The molecule has 21 heavy (non-hydrogen) atoms. The van der Waals surface area contributed by atoms with Crippen LogP contribution in [0.15, 0.2) is 36.4 Å². The van der Waals surface area contributed by atoms with Crippen molar-refractivity contribution in [3.63, 3.8) is 0 Å². The maximum Gasteiger partial charge on any atom is 0.314 e. The maximum atomic E-state index is 11.2. The minimum Gasteiger partial charge on any atom is -0.450 e. The Hall–Kier alpha value is -2.40. The van der Waals surface area contributed by atoms with Crippen molar-refractivity contribution in [1.29, 1.82) is 0 Å². The van der Waals surface area contributed by atoms with E-state index in [2.05, 4.69) is 5.32 Å². The largest absolute Gasteiger partial charge is 0.450 e. The average Bonchev–Trinajstić information content (AvgIpc) is 2.41. The molecule has 0 aliphatic heterocycles. The lowest BCUT2D eigenvalue weighted by Gasteiger charge is -2.10. The summed E-state index contributed by atoms with van der Waals surface area (Å²) in [6.45, 7) is 4.47. The van der Waals surface area contributed by atoms with Gasteiger partial charge in [0.05, 0.1) is 4.92 Å². The second-order valence-corrected chi connectivity index (χ2v) is 4.90. The average molecular weight is 286 g/mol. The highest BCUT2D eigenvalue weighted by molar-refractivity contribution is 5.54. The van der Waals surface area contributed by atoms with Gasteiger partial charge in [-0.2, -0.15) is 0 Å². The monoisotopic (exact) mass is 286 g/mol. The molecule has 0 saturated heterocycles. The molecule has 0 fully saturated rings. The van der Waals surface area contributed by atoms with E-state index in [4.69, 9.17) is 4.74 Å². The molecule has 0 atom stereocenters. The van der Waals surface area contributed by atoms with Gasteiger partial charge in [0.25, 0.3) is 0 Å². The number of hydrogen-bond donors (Lipinski definition) is 1. The van der Waals surface area contributed by atoms with E-state index in [1.807, 2.05) is 32.2 Å². The molecular weight excluding hydrogens is 268 g/mol. The van der Waals surface area contributed by atoms with Crippen molar-refractivity contribution in [2.45, 2.75) is 20.4 Å². The Morgan fingerprint density at radius 2 is 1.95 bits per heavy atom. The first-order chi connectivity index (χ1) is 10.0. The Kier molecular flexibility index (Phi) is 4.55. The van der Waals surface area contributed by atoms with E-state index in [-0.39, 0.29) is 11.4 Å². The van der Waals surface area contributed by atoms with Gasteiger partial charge in [-0.05, 0) is 50.2 Å². The number of nitrogens with zero attached hydrogens (tertiary/aromatic N) is 1. The summed E-state index contributed by atoms with van der Waals surface area (Å²) < 4.78 is 5.70. The van der Waals surface area contributed by atoms with Crippen molar-refractivity contribution in [3.8, 4) is 11.5 Å². The normalized spacial score (nSPS) is 10.4. The lowest BCUT2D eigenvalue weighted by Crippen LogP contribution is -2.06. The molecule has 0 aromatic heterocycles.